The standard InChI is InChI=1S/C13H12N2O3/c16-13(17)8-5-9(6-1-2-6)14-12-10(8)11(15-18-12)7-3-4-7/h5-7H,1-4H2,(H,16,17). The normalized spacial score (nSPS) is 19.3. The fourth-order valence-electron chi connectivity index (χ4n) is 2.38. The molecule has 5 nitrogen and oxygen atoms in total. The Morgan fingerprint density at radius 3 is 2.61 bits per heavy atom. The maximum absolute atomic E-state index is 11.4. The average Bonchev–Trinajstić information content (AvgIpc) is 3.24. The first-order chi connectivity index (χ1) is 8.74. The minimum atomic E-state index is -0.922. The summed E-state index contributed by atoms with van der Waals surface area (Å²) in [6.45, 7) is 0. The maximum Gasteiger partial charge on any atom is 0.336 e. The Labute approximate surface area is 103 Å². The second kappa shape index (κ2) is 3.31. The van der Waals surface area contributed by atoms with Crippen molar-refractivity contribution in [2.24, 2.45) is 0 Å². The molecule has 0 saturated heterocycles. The summed E-state index contributed by atoms with van der Waals surface area (Å²) in [4.78, 5) is 15.8. The third-order valence-corrected chi connectivity index (χ3v) is 3.68. The van der Waals surface area contributed by atoms with Crippen LogP contribution in [0.15, 0.2) is 10.6 Å². The van der Waals surface area contributed by atoms with E-state index in [0.717, 1.165) is 37.1 Å². The number of pyridine rings is 1. The summed E-state index contributed by atoms with van der Waals surface area (Å²) in [5, 5.41) is 14.0. The van der Waals surface area contributed by atoms with E-state index >= 15 is 0 Å². The van der Waals surface area contributed by atoms with Crippen LogP contribution in [0.25, 0.3) is 11.1 Å². The van der Waals surface area contributed by atoms with Gasteiger partial charge in [-0.1, -0.05) is 5.16 Å². The molecule has 0 atom stereocenters. The van der Waals surface area contributed by atoms with E-state index in [4.69, 9.17) is 4.52 Å². The molecule has 0 bridgehead atoms. The van der Waals surface area contributed by atoms with Gasteiger partial charge in [0.15, 0.2) is 0 Å². The van der Waals surface area contributed by atoms with Crippen LogP contribution in [0.3, 0.4) is 0 Å². The molecule has 2 heterocycles. The quantitative estimate of drug-likeness (QED) is 0.898. The van der Waals surface area contributed by atoms with Crippen LogP contribution in [0.1, 0.15) is 59.3 Å². The third-order valence-electron chi connectivity index (χ3n) is 3.68. The molecule has 2 aliphatic carbocycles. The molecular weight excluding hydrogens is 232 g/mol. The fourth-order valence-corrected chi connectivity index (χ4v) is 2.38. The Balaban J connectivity index is 1.98. The van der Waals surface area contributed by atoms with E-state index in [1.807, 2.05) is 0 Å². The number of carboxylic acids is 1. The Bertz CT molecular complexity index is 654. The van der Waals surface area contributed by atoms with Gasteiger partial charge in [-0.15, -0.1) is 0 Å². The largest absolute Gasteiger partial charge is 0.478 e. The smallest absolute Gasteiger partial charge is 0.336 e. The first-order valence-corrected chi connectivity index (χ1v) is 6.27. The zero-order valence-corrected chi connectivity index (χ0v) is 9.72. The molecule has 4 rings (SSSR count). The van der Waals surface area contributed by atoms with E-state index < -0.39 is 5.97 Å². The van der Waals surface area contributed by atoms with Crippen LogP contribution in [-0.2, 0) is 0 Å². The highest BCUT2D eigenvalue weighted by molar-refractivity contribution is 6.02. The van der Waals surface area contributed by atoms with Gasteiger partial charge in [-0.3, -0.25) is 0 Å². The van der Waals surface area contributed by atoms with Gasteiger partial charge in [0.25, 0.3) is 5.71 Å². The summed E-state index contributed by atoms with van der Waals surface area (Å²) >= 11 is 0. The van der Waals surface area contributed by atoms with Gasteiger partial charge in [0, 0.05) is 17.5 Å². The monoisotopic (exact) mass is 244 g/mol. The van der Waals surface area contributed by atoms with E-state index in [-0.39, 0.29) is 0 Å². The number of hydrogen-bond acceptors (Lipinski definition) is 4. The molecule has 2 fully saturated rings. The molecule has 2 aliphatic rings. The van der Waals surface area contributed by atoms with Crippen molar-refractivity contribution >= 4 is 17.1 Å². The number of hydrogen-bond donors (Lipinski definition) is 1. The van der Waals surface area contributed by atoms with Gasteiger partial charge in [0.2, 0.25) is 0 Å². The van der Waals surface area contributed by atoms with E-state index in [0.29, 0.717) is 28.5 Å². The van der Waals surface area contributed by atoms with Crippen LogP contribution in [0.2, 0.25) is 0 Å². The third kappa shape index (κ3) is 1.43. The van der Waals surface area contributed by atoms with Crippen molar-refractivity contribution in [2.75, 3.05) is 0 Å². The molecule has 2 aromatic rings. The first-order valence-electron chi connectivity index (χ1n) is 6.27. The molecule has 0 aliphatic heterocycles. The molecule has 18 heavy (non-hydrogen) atoms. The van der Waals surface area contributed by atoms with Gasteiger partial charge in [-0.25, -0.2) is 9.78 Å². The lowest BCUT2D eigenvalue weighted by Crippen LogP contribution is -2.01. The summed E-state index contributed by atoms with van der Waals surface area (Å²) in [5.41, 5.74) is 2.29. The average molecular weight is 244 g/mol. The van der Waals surface area contributed by atoms with Crippen LogP contribution >= 0.6 is 0 Å². The van der Waals surface area contributed by atoms with E-state index in [2.05, 4.69) is 10.1 Å². The highest BCUT2D eigenvalue weighted by Gasteiger charge is 2.33. The van der Waals surface area contributed by atoms with Crippen molar-refractivity contribution in [3.63, 3.8) is 0 Å². The minimum absolute atomic E-state index is 0.296. The first kappa shape index (κ1) is 10.1. The summed E-state index contributed by atoms with van der Waals surface area (Å²) in [6.07, 6.45) is 4.29. The zero-order chi connectivity index (χ0) is 12.3. The zero-order valence-electron chi connectivity index (χ0n) is 9.72. The number of aromatic carboxylic acids is 1. The molecule has 0 aromatic carbocycles. The number of nitrogens with zero attached hydrogens (tertiary/aromatic N) is 2. The molecule has 2 aromatic heterocycles. The lowest BCUT2D eigenvalue weighted by molar-refractivity contribution is 0.0698. The number of carboxylic acid groups (broad SMARTS) is 1. The van der Waals surface area contributed by atoms with Crippen LogP contribution in [0.5, 0.6) is 0 Å². The van der Waals surface area contributed by atoms with E-state index in [9.17, 15) is 9.90 Å². The van der Waals surface area contributed by atoms with Gasteiger partial charge in [-0.2, -0.15) is 0 Å². The second-order valence-corrected chi connectivity index (χ2v) is 5.20. The van der Waals surface area contributed by atoms with Crippen molar-refractivity contribution in [3.05, 3.63) is 23.0 Å². The van der Waals surface area contributed by atoms with Gasteiger partial charge < -0.3 is 9.63 Å². The second-order valence-electron chi connectivity index (χ2n) is 5.20. The Hall–Kier alpha value is -1.91. The van der Waals surface area contributed by atoms with E-state index in [1.165, 1.54) is 0 Å². The summed E-state index contributed by atoms with van der Waals surface area (Å²) in [7, 11) is 0. The van der Waals surface area contributed by atoms with Crippen molar-refractivity contribution in [1.29, 1.82) is 0 Å². The Kier molecular flexibility index (Phi) is 1.85. The SMILES string of the molecule is O=C(O)c1cc(C2CC2)nc2onc(C3CC3)c12. The van der Waals surface area contributed by atoms with Gasteiger partial charge in [0.05, 0.1) is 16.6 Å². The van der Waals surface area contributed by atoms with E-state index in [1.54, 1.807) is 6.07 Å². The number of fused-ring (bicyclic) bond motifs is 1. The topological polar surface area (TPSA) is 76.2 Å². The highest BCUT2D eigenvalue weighted by Crippen LogP contribution is 2.45. The van der Waals surface area contributed by atoms with Crippen molar-refractivity contribution < 1.29 is 14.4 Å². The molecule has 1 N–H and O–H groups in total. The predicted molar refractivity (Wildman–Crippen MR) is 62.7 cm³/mol. The van der Waals surface area contributed by atoms with Crippen LogP contribution in [0.4, 0.5) is 0 Å². The molecule has 2 saturated carbocycles. The summed E-state index contributed by atoms with van der Waals surface area (Å²) in [6, 6.07) is 1.70. The van der Waals surface area contributed by atoms with Gasteiger partial charge in [0.1, 0.15) is 0 Å². The lowest BCUT2D eigenvalue weighted by atomic mass is 10.1. The molecule has 92 valence electrons. The maximum atomic E-state index is 11.4. The molecule has 0 radical (unpaired) electrons. The van der Waals surface area contributed by atoms with Crippen molar-refractivity contribution in [1.82, 2.24) is 10.1 Å². The molecular formula is C13H12N2O3. The van der Waals surface area contributed by atoms with Crippen LogP contribution in [-0.4, -0.2) is 21.2 Å². The Morgan fingerprint density at radius 2 is 2.00 bits per heavy atom. The molecule has 0 spiro atoms. The fraction of sp³-hybridized carbons (Fsp3) is 0.462. The minimum Gasteiger partial charge on any atom is -0.478 e. The van der Waals surface area contributed by atoms with Gasteiger partial charge in [-0.05, 0) is 31.7 Å². The lowest BCUT2D eigenvalue weighted by Gasteiger charge is -2.01. The summed E-state index contributed by atoms with van der Waals surface area (Å²) < 4.78 is 5.24. The number of carbonyl (C=O) groups is 1. The molecule has 5 heteroatoms. The van der Waals surface area contributed by atoms with Crippen LogP contribution in [0, 0.1) is 0 Å². The number of aromatic nitrogens is 2. The molecule has 0 unspecified atom stereocenters. The van der Waals surface area contributed by atoms with Crippen molar-refractivity contribution in [2.45, 2.75) is 37.5 Å². The summed E-state index contributed by atoms with van der Waals surface area (Å²) in [5.74, 6) is -0.158. The van der Waals surface area contributed by atoms with Crippen LogP contribution < -0.4 is 0 Å². The number of rotatable bonds is 3. The Morgan fingerprint density at radius 1 is 1.28 bits per heavy atom. The predicted octanol–water partition coefficient (Wildman–Crippen LogP) is 2.68. The highest BCUT2D eigenvalue weighted by atomic mass is 16.5. The van der Waals surface area contributed by atoms with Gasteiger partial charge >= 0.3 is 5.97 Å². The van der Waals surface area contributed by atoms with Crippen molar-refractivity contribution in [3.8, 4) is 0 Å². The molecule has 0 amide bonds.